The van der Waals surface area contributed by atoms with Crippen molar-refractivity contribution in [3.05, 3.63) is 79.5 Å². The number of hydrogen-bond donors (Lipinski definition) is 1. The van der Waals surface area contributed by atoms with E-state index in [0.717, 1.165) is 15.8 Å². The maximum atomic E-state index is 12.2. The zero-order valence-corrected chi connectivity index (χ0v) is 18.2. The Morgan fingerprint density at radius 3 is 2.70 bits per heavy atom. The molecule has 8 heteroatoms. The van der Waals surface area contributed by atoms with Gasteiger partial charge in [0.05, 0.1) is 12.8 Å². The number of aryl methyl sites for hydroxylation is 3. The molecule has 3 aromatic rings. The molecule has 0 fully saturated rings. The molecule has 0 spiro atoms. The number of H-pyrrole nitrogens is 1. The number of nitrogens with one attached hydrogen (secondary N) is 1. The summed E-state index contributed by atoms with van der Waals surface area (Å²) in [6.07, 6.45) is 1.54. The Bertz CT molecular complexity index is 1200. The summed E-state index contributed by atoms with van der Waals surface area (Å²) in [4.78, 5) is 12.2. The van der Waals surface area contributed by atoms with Gasteiger partial charge in [0.25, 0.3) is 5.56 Å². The fraction of sp³-hybridized carbons (Fsp3) is 0.273. The van der Waals surface area contributed by atoms with Crippen molar-refractivity contribution in [2.45, 2.75) is 34.3 Å². The number of nitrogens with zero attached hydrogens (tertiary/aromatic N) is 3. The number of ether oxygens (including phenoxy) is 2. The van der Waals surface area contributed by atoms with Gasteiger partial charge in [-0.2, -0.15) is 14.9 Å². The van der Waals surface area contributed by atoms with Crippen LogP contribution in [0.3, 0.4) is 0 Å². The zero-order valence-electron chi connectivity index (χ0n) is 17.4. The fourth-order valence-electron chi connectivity index (χ4n) is 2.81. The molecule has 0 amide bonds. The standard InChI is InChI=1S/C22H24N4O3S/c1-5-28-20-11-17(12-23-26-21(27)16(4)24-25-22(26)30)8-9-19(20)29-13-18-10-14(2)6-7-15(18)3/h6-12H,5,13H2,1-4H3,(H,25,30)/b23-12-. The van der Waals surface area contributed by atoms with E-state index in [-0.39, 0.29) is 16.0 Å². The molecular weight excluding hydrogens is 400 g/mol. The SMILES string of the molecule is CCOc1cc(/C=N\n2c(=S)[nH]nc(C)c2=O)ccc1OCc1cc(C)ccc1C. The summed E-state index contributed by atoms with van der Waals surface area (Å²) in [7, 11) is 0. The summed E-state index contributed by atoms with van der Waals surface area (Å²) in [5.41, 5.74) is 4.16. The van der Waals surface area contributed by atoms with Crippen LogP contribution in [0.2, 0.25) is 0 Å². The predicted molar refractivity (Wildman–Crippen MR) is 119 cm³/mol. The van der Waals surface area contributed by atoms with Crippen LogP contribution in [0, 0.1) is 25.5 Å². The minimum Gasteiger partial charge on any atom is -0.490 e. The van der Waals surface area contributed by atoms with E-state index >= 15 is 0 Å². The average molecular weight is 425 g/mol. The lowest BCUT2D eigenvalue weighted by molar-refractivity contribution is 0.269. The Labute approximate surface area is 180 Å². The van der Waals surface area contributed by atoms with Gasteiger partial charge < -0.3 is 9.47 Å². The van der Waals surface area contributed by atoms with Crippen molar-refractivity contribution in [1.29, 1.82) is 0 Å². The Morgan fingerprint density at radius 2 is 1.93 bits per heavy atom. The predicted octanol–water partition coefficient (Wildman–Crippen LogP) is 4.09. The molecule has 7 nitrogen and oxygen atoms in total. The number of hydrogen-bond acceptors (Lipinski definition) is 6. The number of aromatic nitrogens is 3. The van der Waals surface area contributed by atoms with E-state index in [1.54, 1.807) is 13.1 Å². The molecule has 0 aliphatic rings. The monoisotopic (exact) mass is 424 g/mol. The first-order valence-corrected chi connectivity index (χ1v) is 9.98. The summed E-state index contributed by atoms with van der Waals surface area (Å²) >= 11 is 5.09. The number of rotatable bonds is 7. The van der Waals surface area contributed by atoms with Gasteiger partial charge in [-0.15, -0.1) is 0 Å². The molecule has 1 N–H and O–H groups in total. The first kappa shape index (κ1) is 21.4. The molecule has 0 unspecified atom stereocenters. The minimum atomic E-state index is -0.367. The van der Waals surface area contributed by atoms with E-state index in [2.05, 4.69) is 47.3 Å². The van der Waals surface area contributed by atoms with Gasteiger partial charge in [0, 0.05) is 0 Å². The van der Waals surface area contributed by atoms with E-state index in [1.807, 2.05) is 25.1 Å². The van der Waals surface area contributed by atoms with E-state index in [4.69, 9.17) is 21.7 Å². The molecule has 3 rings (SSSR count). The Morgan fingerprint density at radius 1 is 1.13 bits per heavy atom. The Balaban J connectivity index is 1.85. The van der Waals surface area contributed by atoms with E-state index in [9.17, 15) is 4.79 Å². The molecule has 1 heterocycles. The molecule has 0 aliphatic heterocycles. The molecule has 0 aliphatic carbocycles. The highest BCUT2D eigenvalue weighted by molar-refractivity contribution is 7.71. The highest BCUT2D eigenvalue weighted by Crippen LogP contribution is 2.29. The quantitative estimate of drug-likeness (QED) is 0.456. The van der Waals surface area contributed by atoms with Gasteiger partial charge in [0.1, 0.15) is 12.3 Å². The largest absolute Gasteiger partial charge is 0.490 e. The van der Waals surface area contributed by atoms with Crippen LogP contribution in [0.4, 0.5) is 0 Å². The van der Waals surface area contributed by atoms with Crippen molar-refractivity contribution < 1.29 is 9.47 Å². The molecule has 0 radical (unpaired) electrons. The fourth-order valence-corrected chi connectivity index (χ4v) is 2.98. The third-order valence-corrected chi connectivity index (χ3v) is 4.76. The topological polar surface area (TPSA) is 81.5 Å². The summed E-state index contributed by atoms with van der Waals surface area (Å²) in [6.45, 7) is 8.57. The van der Waals surface area contributed by atoms with Crippen LogP contribution in [-0.4, -0.2) is 27.7 Å². The molecular formula is C22H24N4O3S. The van der Waals surface area contributed by atoms with Crippen molar-refractivity contribution in [2.75, 3.05) is 6.61 Å². The van der Waals surface area contributed by atoms with Crippen molar-refractivity contribution in [1.82, 2.24) is 14.9 Å². The van der Waals surface area contributed by atoms with Gasteiger partial charge in [-0.3, -0.25) is 9.89 Å². The van der Waals surface area contributed by atoms with Crippen LogP contribution in [0.5, 0.6) is 11.5 Å². The van der Waals surface area contributed by atoms with E-state index < -0.39 is 0 Å². The molecule has 0 saturated heterocycles. The van der Waals surface area contributed by atoms with Gasteiger partial charge in [-0.25, -0.2) is 0 Å². The second-order valence-corrected chi connectivity index (χ2v) is 7.22. The lowest BCUT2D eigenvalue weighted by Crippen LogP contribution is -2.22. The third-order valence-electron chi connectivity index (χ3n) is 4.49. The van der Waals surface area contributed by atoms with Crippen molar-refractivity contribution >= 4 is 18.4 Å². The lowest BCUT2D eigenvalue weighted by atomic mass is 10.1. The maximum absolute atomic E-state index is 12.2. The van der Waals surface area contributed by atoms with Crippen molar-refractivity contribution in [3.63, 3.8) is 0 Å². The molecule has 2 aromatic carbocycles. The minimum absolute atomic E-state index is 0.125. The second-order valence-electron chi connectivity index (χ2n) is 6.83. The van der Waals surface area contributed by atoms with E-state index in [0.29, 0.717) is 24.7 Å². The van der Waals surface area contributed by atoms with Gasteiger partial charge >= 0.3 is 0 Å². The molecule has 0 atom stereocenters. The first-order chi connectivity index (χ1) is 14.4. The second kappa shape index (κ2) is 9.49. The van der Waals surface area contributed by atoms with Crippen LogP contribution in [0.1, 0.15) is 34.9 Å². The summed E-state index contributed by atoms with van der Waals surface area (Å²) in [6, 6.07) is 11.8. The van der Waals surface area contributed by atoms with Gasteiger partial charge in [0.15, 0.2) is 11.5 Å². The number of benzene rings is 2. The van der Waals surface area contributed by atoms with Gasteiger partial charge in [-0.05, 0) is 74.8 Å². The Kier molecular flexibility index (Phi) is 6.79. The Hall–Kier alpha value is -3.26. The zero-order chi connectivity index (χ0) is 21.7. The first-order valence-electron chi connectivity index (χ1n) is 9.57. The third kappa shape index (κ3) is 5.01. The molecule has 30 heavy (non-hydrogen) atoms. The molecule has 0 saturated carbocycles. The molecule has 0 bridgehead atoms. The summed E-state index contributed by atoms with van der Waals surface area (Å²) < 4.78 is 13.0. The molecule has 1 aromatic heterocycles. The average Bonchev–Trinajstić information content (AvgIpc) is 2.72. The van der Waals surface area contributed by atoms with Gasteiger partial charge in [0.2, 0.25) is 4.77 Å². The smallest absolute Gasteiger partial charge is 0.296 e. The lowest BCUT2D eigenvalue weighted by Gasteiger charge is -2.14. The normalized spacial score (nSPS) is 11.1. The van der Waals surface area contributed by atoms with Crippen LogP contribution in [0.15, 0.2) is 46.3 Å². The highest BCUT2D eigenvalue weighted by atomic mass is 32.1. The van der Waals surface area contributed by atoms with Crippen LogP contribution < -0.4 is 15.0 Å². The number of aromatic amines is 1. The van der Waals surface area contributed by atoms with Crippen LogP contribution in [0.25, 0.3) is 0 Å². The van der Waals surface area contributed by atoms with Gasteiger partial charge in [-0.1, -0.05) is 23.8 Å². The summed E-state index contributed by atoms with van der Waals surface area (Å²) in [5, 5.41) is 10.6. The van der Waals surface area contributed by atoms with Crippen molar-refractivity contribution in [2.24, 2.45) is 5.10 Å². The van der Waals surface area contributed by atoms with Crippen LogP contribution >= 0.6 is 12.2 Å². The maximum Gasteiger partial charge on any atom is 0.296 e. The van der Waals surface area contributed by atoms with Crippen molar-refractivity contribution in [3.8, 4) is 11.5 Å². The van der Waals surface area contributed by atoms with Crippen LogP contribution in [-0.2, 0) is 6.61 Å². The highest BCUT2D eigenvalue weighted by Gasteiger charge is 2.08. The summed E-state index contributed by atoms with van der Waals surface area (Å²) in [5.74, 6) is 1.25. The van der Waals surface area contributed by atoms with E-state index in [1.165, 1.54) is 11.1 Å². The molecule has 156 valence electrons.